The van der Waals surface area contributed by atoms with E-state index in [1.807, 2.05) is 83.3 Å². The van der Waals surface area contributed by atoms with Gasteiger partial charge in [-0.2, -0.15) is 0 Å². The van der Waals surface area contributed by atoms with E-state index in [-0.39, 0.29) is 0 Å². The lowest BCUT2D eigenvalue weighted by Crippen LogP contribution is -2.00. The van der Waals surface area contributed by atoms with Crippen LogP contribution < -0.4 is 0 Å². The lowest BCUT2D eigenvalue weighted by Gasteiger charge is -2.09. The molecule has 0 amide bonds. The van der Waals surface area contributed by atoms with Crippen molar-refractivity contribution in [3.8, 4) is 51.0 Å². The van der Waals surface area contributed by atoms with Gasteiger partial charge in [-0.25, -0.2) is 15.0 Å². The zero-order valence-electron chi connectivity index (χ0n) is 30.4. The van der Waals surface area contributed by atoms with E-state index in [2.05, 4.69) is 126 Å². The van der Waals surface area contributed by atoms with Gasteiger partial charge >= 0.3 is 0 Å². The molecule has 0 atom stereocenters. The Hall–Kier alpha value is -6.99. The first-order valence-corrected chi connectivity index (χ1v) is 20.7. The molecule has 0 unspecified atom stereocenters. The van der Waals surface area contributed by atoms with Crippen LogP contribution in [-0.4, -0.2) is 19.5 Å². The van der Waals surface area contributed by atoms with Crippen molar-refractivity contribution < 1.29 is 0 Å². The zero-order valence-corrected chi connectivity index (χ0v) is 32.1. The van der Waals surface area contributed by atoms with Crippen LogP contribution in [0.5, 0.6) is 0 Å². The molecule has 8 aromatic carbocycles. The summed E-state index contributed by atoms with van der Waals surface area (Å²) < 4.78 is 7.51. The molecule has 0 N–H and O–H groups in total. The SMILES string of the molecule is c1ccc(-c2nc(-c3ccccc3)nc(-c3ccc4sc5cccc(-c6ccc7c(c6)sc6c(-n8c9ccccc9c9ccccc98)cccc67)c5c4c3)n2)cc1. The summed E-state index contributed by atoms with van der Waals surface area (Å²) in [5.74, 6) is 1.98. The normalized spacial score (nSPS) is 11.9. The molecule has 4 heterocycles. The molecule has 4 nitrogen and oxygen atoms in total. The maximum absolute atomic E-state index is 5.05. The largest absolute Gasteiger partial charge is 0.308 e. The van der Waals surface area contributed by atoms with Gasteiger partial charge in [-0.1, -0.05) is 133 Å². The van der Waals surface area contributed by atoms with E-state index in [1.165, 1.54) is 79.0 Å². The van der Waals surface area contributed by atoms with E-state index in [4.69, 9.17) is 15.0 Å². The number of hydrogen-bond donors (Lipinski definition) is 0. The summed E-state index contributed by atoms with van der Waals surface area (Å²) >= 11 is 3.71. The van der Waals surface area contributed by atoms with Crippen LogP contribution in [0, 0.1) is 0 Å². The van der Waals surface area contributed by atoms with Crippen molar-refractivity contribution in [3.63, 3.8) is 0 Å². The van der Waals surface area contributed by atoms with Gasteiger partial charge in [-0.15, -0.1) is 22.7 Å². The van der Waals surface area contributed by atoms with Crippen LogP contribution >= 0.6 is 22.7 Å². The first-order valence-electron chi connectivity index (χ1n) is 19.0. The average Bonchev–Trinajstić information content (AvgIpc) is 3.96. The minimum atomic E-state index is 0.659. The van der Waals surface area contributed by atoms with Crippen molar-refractivity contribution in [1.29, 1.82) is 0 Å². The minimum absolute atomic E-state index is 0.659. The number of benzene rings is 8. The number of fused-ring (bicyclic) bond motifs is 9. The third-order valence-corrected chi connectivity index (χ3v) is 13.4. The molecule has 4 aromatic heterocycles. The molecule has 0 saturated carbocycles. The first-order chi connectivity index (χ1) is 28.2. The Balaban J connectivity index is 1.02. The maximum atomic E-state index is 5.05. The number of hydrogen-bond acceptors (Lipinski definition) is 5. The highest BCUT2D eigenvalue weighted by Gasteiger charge is 2.19. The Morgan fingerprint density at radius 3 is 1.65 bits per heavy atom. The molecule has 12 aromatic rings. The molecule has 0 aliphatic rings. The van der Waals surface area contributed by atoms with Gasteiger partial charge in [0.05, 0.1) is 21.4 Å². The summed E-state index contributed by atoms with van der Waals surface area (Å²) in [6.45, 7) is 0. The molecular weight excluding hydrogens is 733 g/mol. The molecule has 0 spiro atoms. The van der Waals surface area contributed by atoms with E-state index in [1.54, 1.807) is 0 Å². The van der Waals surface area contributed by atoms with Gasteiger partial charge in [0.15, 0.2) is 17.5 Å². The topological polar surface area (TPSA) is 43.6 Å². The van der Waals surface area contributed by atoms with E-state index >= 15 is 0 Å². The van der Waals surface area contributed by atoms with Crippen LogP contribution in [0.2, 0.25) is 0 Å². The monoisotopic (exact) mass is 762 g/mol. The van der Waals surface area contributed by atoms with Crippen molar-refractivity contribution >= 4 is 84.8 Å². The van der Waals surface area contributed by atoms with E-state index in [0.29, 0.717) is 17.5 Å². The van der Waals surface area contributed by atoms with Crippen molar-refractivity contribution in [2.24, 2.45) is 0 Å². The van der Waals surface area contributed by atoms with Crippen LogP contribution in [0.3, 0.4) is 0 Å². The average molecular weight is 763 g/mol. The van der Waals surface area contributed by atoms with Gasteiger partial charge in [-0.3, -0.25) is 0 Å². The van der Waals surface area contributed by atoms with Gasteiger partial charge in [0.1, 0.15) is 0 Å². The minimum Gasteiger partial charge on any atom is -0.308 e. The number of nitrogens with zero attached hydrogens (tertiary/aromatic N) is 4. The summed E-state index contributed by atoms with van der Waals surface area (Å²) in [6.07, 6.45) is 0. The smallest absolute Gasteiger partial charge is 0.164 e. The summed E-state index contributed by atoms with van der Waals surface area (Å²) in [5.41, 5.74) is 8.99. The molecule has 0 radical (unpaired) electrons. The summed E-state index contributed by atoms with van der Waals surface area (Å²) in [5, 5.41) is 7.58. The second kappa shape index (κ2) is 12.8. The second-order valence-corrected chi connectivity index (χ2v) is 16.5. The highest BCUT2D eigenvalue weighted by atomic mass is 32.1. The van der Waals surface area contributed by atoms with Gasteiger partial charge in [-0.05, 0) is 59.7 Å². The highest BCUT2D eigenvalue weighted by molar-refractivity contribution is 7.26. The van der Waals surface area contributed by atoms with Gasteiger partial charge < -0.3 is 4.57 Å². The fourth-order valence-corrected chi connectivity index (χ4v) is 10.8. The predicted octanol–water partition coefficient (Wildman–Crippen LogP) is 14.4. The fraction of sp³-hybridized carbons (Fsp3) is 0. The molecule has 12 rings (SSSR count). The van der Waals surface area contributed by atoms with Crippen LogP contribution in [-0.2, 0) is 0 Å². The molecule has 57 heavy (non-hydrogen) atoms. The van der Waals surface area contributed by atoms with Crippen molar-refractivity contribution in [1.82, 2.24) is 19.5 Å². The quantitative estimate of drug-likeness (QED) is 0.175. The first kappa shape index (κ1) is 32.3. The maximum Gasteiger partial charge on any atom is 0.164 e. The van der Waals surface area contributed by atoms with Crippen LogP contribution in [0.1, 0.15) is 0 Å². The Bertz CT molecular complexity index is 3410. The van der Waals surface area contributed by atoms with E-state index < -0.39 is 0 Å². The molecular formula is C51H30N4S2. The lowest BCUT2D eigenvalue weighted by molar-refractivity contribution is 1.07. The standard InChI is InChI=1S/C51H30N4S2/c1-3-13-31(14-4-1)49-52-50(32-15-5-2-6-16-32)54-51(53-49)34-26-28-44-40(29-34)47-35(19-12-24-45(47)56-44)33-25-27-38-39-20-11-23-43(48(39)57-46(38)30-33)55-41-21-9-7-17-36(41)37-18-8-10-22-42(37)55/h1-30H. The molecule has 0 saturated heterocycles. The molecule has 266 valence electrons. The van der Waals surface area contributed by atoms with E-state index in [0.717, 1.165) is 16.7 Å². The predicted molar refractivity (Wildman–Crippen MR) is 242 cm³/mol. The third-order valence-electron chi connectivity index (χ3n) is 11.1. The summed E-state index contributed by atoms with van der Waals surface area (Å²) in [7, 11) is 0. The summed E-state index contributed by atoms with van der Waals surface area (Å²) in [4.78, 5) is 15.0. The second-order valence-electron chi connectivity index (χ2n) is 14.4. The van der Waals surface area contributed by atoms with E-state index in [9.17, 15) is 0 Å². The molecule has 0 aliphatic heterocycles. The fourth-order valence-electron chi connectivity index (χ4n) is 8.45. The number of aromatic nitrogens is 4. The lowest BCUT2D eigenvalue weighted by atomic mass is 9.98. The van der Waals surface area contributed by atoms with Crippen molar-refractivity contribution in [2.45, 2.75) is 0 Å². The van der Waals surface area contributed by atoms with Gasteiger partial charge in [0, 0.05) is 63.1 Å². The number of thiophene rings is 2. The van der Waals surface area contributed by atoms with Gasteiger partial charge in [0.25, 0.3) is 0 Å². The molecule has 0 bridgehead atoms. The van der Waals surface area contributed by atoms with Crippen LogP contribution in [0.15, 0.2) is 182 Å². The number of para-hydroxylation sites is 2. The number of rotatable bonds is 5. The molecule has 0 aliphatic carbocycles. The van der Waals surface area contributed by atoms with Gasteiger partial charge in [0.2, 0.25) is 0 Å². The van der Waals surface area contributed by atoms with Crippen LogP contribution in [0.25, 0.3) is 113 Å². The molecule has 0 fully saturated rings. The van der Waals surface area contributed by atoms with Crippen LogP contribution in [0.4, 0.5) is 0 Å². The Kier molecular flexibility index (Phi) is 7.24. The Labute approximate surface area is 335 Å². The Morgan fingerprint density at radius 2 is 0.947 bits per heavy atom. The zero-order chi connectivity index (χ0) is 37.5. The summed E-state index contributed by atoms with van der Waals surface area (Å²) in [6, 6.07) is 64.9. The third kappa shape index (κ3) is 5.15. The Morgan fingerprint density at radius 1 is 0.351 bits per heavy atom. The molecule has 6 heteroatoms. The van der Waals surface area contributed by atoms with Crippen molar-refractivity contribution in [3.05, 3.63) is 182 Å². The van der Waals surface area contributed by atoms with Crippen molar-refractivity contribution in [2.75, 3.05) is 0 Å². The highest BCUT2D eigenvalue weighted by Crippen LogP contribution is 2.45.